The first-order valence-electron chi connectivity index (χ1n) is 5.99. The number of benzene rings is 1. The molecule has 0 saturated heterocycles. The molecule has 0 saturated carbocycles. The summed E-state index contributed by atoms with van der Waals surface area (Å²) in [5, 5.41) is 0. The average molecular weight is 339 g/mol. The molecule has 1 aromatic heterocycles. The van der Waals surface area contributed by atoms with Crippen molar-refractivity contribution in [2.75, 3.05) is 12.3 Å². The minimum atomic E-state index is 0.0343. The van der Waals surface area contributed by atoms with E-state index in [2.05, 4.69) is 15.9 Å². The molecular formula is C14H15BrN2OS. The van der Waals surface area contributed by atoms with Crippen molar-refractivity contribution >= 4 is 38.9 Å². The molecule has 0 bridgehead atoms. The maximum atomic E-state index is 12.4. The van der Waals surface area contributed by atoms with Gasteiger partial charge < -0.3 is 10.6 Å². The van der Waals surface area contributed by atoms with Crippen molar-refractivity contribution < 1.29 is 4.79 Å². The number of carbonyl (C=O) groups excluding carboxylic acids is 1. The van der Waals surface area contributed by atoms with Crippen LogP contribution in [-0.4, -0.2) is 17.4 Å². The second-order valence-corrected chi connectivity index (χ2v) is 6.69. The fraction of sp³-hybridized carbons (Fsp3) is 0.214. The number of nitrogens with zero attached hydrogens (tertiary/aromatic N) is 1. The Morgan fingerprint density at radius 1 is 1.26 bits per heavy atom. The molecule has 1 amide bonds. The van der Waals surface area contributed by atoms with E-state index < -0.39 is 0 Å². The van der Waals surface area contributed by atoms with E-state index >= 15 is 0 Å². The molecule has 0 aliphatic carbocycles. The monoisotopic (exact) mass is 338 g/mol. The predicted octanol–water partition coefficient (Wildman–Crippen LogP) is 3.76. The third kappa shape index (κ3) is 3.58. The van der Waals surface area contributed by atoms with E-state index in [9.17, 15) is 4.79 Å². The molecule has 19 heavy (non-hydrogen) atoms. The number of carbonyl (C=O) groups is 1. The molecule has 100 valence electrons. The van der Waals surface area contributed by atoms with Crippen LogP contribution in [0, 0.1) is 0 Å². The number of nitrogens with two attached hydrogens (primary N) is 1. The van der Waals surface area contributed by atoms with Gasteiger partial charge in [0.1, 0.15) is 0 Å². The first-order chi connectivity index (χ1) is 9.10. The highest BCUT2D eigenvalue weighted by Gasteiger charge is 2.15. The second-order valence-electron chi connectivity index (χ2n) is 4.15. The van der Waals surface area contributed by atoms with Gasteiger partial charge in [-0.1, -0.05) is 0 Å². The molecule has 0 atom stereocenters. The Labute approximate surface area is 125 Å². The minimum Gasteiger partial charge on any atom is -0.399 e. The quantitative estimate of drug-likeness (QED) is 0.863. The van der Waals surface area contributed by atoms with E-state index in [-0.39, 0.29) is 5.91 Å². The number of anilines is 1. The average Bonchev–Trinajstić information content (AvgIpc) is 2.81. The molecule has 1 aromatic carbocycles. The van der Waals surface area contributed by atoms with Crippen molar-refractivity contribution in [3.05, 3.63) is 50.6 Å². The summed E-state index contributed by atoms with van der Waals surface area (Å²) in [6, 6.07) is 11.1. The molecule has 0 aliphatic rings. The molecule has 2 N–H and O–H groups in total. The number of thiophene rings is 1. The normalized spacial score (nSPS) is 10.4. The van der Waals surface area contributed by atoms with E-state index in [1.165, 1.54) is 0 Å². The lowest BCUT2D eigenvalue weighted by Crippen LogP contribution is -2.29. The molecule has 0 radical (unpaired) electrons. The summed E-state index contributed by atoms with van der Waals surface area (Å²) in [7, 11) is 0. The van der Waals surface area contributed by atoms with Gasteiger partial charge in [-0.2, -0.15) is 0 Å². The van der Waals surface area contributed by atoms with Crippen molar-refractivity contribution in [3.63, 3.8) is 0 Å². The van der Waals surface area contributed by atoms with E-state index in [1.807, 2.05) is 24.0 Å². The lowest BCUT2D eigenvalue weighted by Gasteiger charge is -2.20. The van der Waals surface area contributed by atoms with E-state index in [1.54, 1.807) is 35.6 Å². The number of amides is 1. The van der Waals surface area contributed by atoms with Crippen LogP contribution in [0.5, 0.6) is 0 Å². The smallest absolute Gasteiger partial charge is 0.254 e. The van der Waals surface area contributed by atoms with Gasteiger partial charge in [0, 0.05) is 22.7 Å². The zero-order valence-electron chi connectivity index (χ0n) is 10.6. The molecular weight excluding hydrogens is 324 g/mol. The van der Waals surface area contributed by atoms with Gasteiger partial charge in [-0.25, -0.2) is 0 Å². The van der Waals surface area contributed by atoms with Crippen molar-refractivity contribution in [1.82, 2.24) is 4.90 Å². The molecule has 2 aromatic rings. The highest BCUT2D eigenvalue weighted by Crippen LogP contribution is 2.23. The zero-order valence-corrected chi connectivity index (χ0v) is 13.0. The fourth-order valence-corrected chi connectivity index (χ4v) is 3.26. The molecule has 0 unspecified atom stereocenters. The summed E-state index contributed by atoms with van der Waals surface area (Å²) in [6.45, 7) is 3.30. The topological polar surface area (TPSA) is 46.3 Å². The predicted molar refractivity (Wildman–Crippen MR) is 83.3 cm³/mol. The Hall–Kier alpha value is -1.33. The summed E-state index contributed by atoms with van der Waals surface area (Å²) < 4.78 is 1.08. The zero-order chi connectivity index (χ0) is 13.8. The highest BCUT2D eigenvalue weighted by atomic mass is 79.9. The van der Waals surface area contributed by atoms with E-state index in [0.717, 1.165) is 8.66 Å². The standard InChI is InChI=1S/C14H15BrN2OS/c1-2-17(9-12-7-8-13(15)19-12)14(18)10-3-5-11(16)6-4-10/h3-8H,2,9,16H2,1H3. The SMILES string of the molecule is CCN(Cc1ccc(Br)s1)C(=O)c1ccc(N)cc1. The van der Waals surface area contributed by atoms with Crippen molar-refractivity contribution in [1.29, 1.82) is 0 Å². The summed E-state index contributed by atoms with van der Waals surface area (Å²) in [6.07, 6.45) is 0. The maximum absolute atomic E-state index is 12.4. The number of rotatable bonds is 4. The van der Waals surface area contributed by atoms with Crippen LogP contribution in [-0.2, 0) is 6.54 Å². The molecule has 5 heteroatoms. The molecule has 0 spiro atoms. The molecule has 1 heterocycles. The van der Waals surface area contributed by atoms with Gasteiger partial charge in [-0.05, 0) is 59.3 Å². The van der Waals surface area contributed by atoms with E-state index in [0.29, 0.717) is 24.3 Å². The van der Waals surface area contributed by atoms with Crippen LogP contribution >= 0.6 is 27.3 Å². The number of nitrogen functional groups attached to an aromatic ring is 1. The van der Waals surface area contributed by atoms with Gasteiger partial charge in [-0.15, -0.1) is 11.3 Å². The van der Waals surface area contributed by atoms with Gasteiger partial charge in [0.05, 0.1) is 10.3 Å². The Morgan fingerprint density at radius 2 is 1.95 bits per heavy atom. The Bertz CT molecular complexity index is 565. The first kappa shape index (κ1) is 14.1. The van der Waals surface area contributed by atoms with Gasteiger partial charge >= 0.3 is 0 Å². The Kier molecular flexibility index (Phi) is 4.61. The van der Waals surface area contributed by atoms with Crippen LogP contribution in [0.3, 0.4) is 0 Å². The number of hydrogen-bond acceptors (Lipinski definition) is 3. The van der Waals surface area contributed by atoms with Gasteiger partial charge in [0.15, 0.2) is 0 Å². The number of halogens is 1. The summed E-state index contributed by atoms with van der Waals surface area (Å²) in [4.78, 5) is 15.4. The van der Waals surface area contributed by atoms with Crippen LogP contribution in [0.4, 0.5) is 5.69 Å². The van der Waals surface area contributed by atoms with Crippen molar-refractivity contribution in [2.45, 2.75) is 13.5 Å². The summed E-state index contributed by atoms with van der Waals surface area (Å²) in [5.41, 5.74) is 6.97. The molecule has 2 rings (SSSR count). The van der Waals surface area contributed by atoms with Gasteiger partial charge in [0.2, 0.25) is 0 Å². The van der Waals surface area contributed by atoms with Crippen molar-refractivity contribution in [2.24, 2.45) is 0 Å². The van der Waals surface area contributed by atoms with Gasteiger partial charge in [-0.3, -0.25) is 4.79 Å². The van der Waals surface area contributed by atoms with Crippen LogP contribution in [0.2, 0.25) is 0 Å². The van der Waals surface area contributed by atoms with Crippen molar-refractivity contribution in [3.8, 4) is 0 Å². The highest BCUT2D eigenvalue weighted by molar-refractivity contribution is 9.11. The second kappa shape index (κ2) is 6.21. The lowest BCUT2D eigenvalue weighted by atomic mass is 10.2. The summed E-state index contributed by atoms with van der Waals surface area (Å²) >= 11 is 5.08. The third-order valence-corrected chi connectivity index (χ3v) is 4.41. The van der Waals surface area contributed by atoms with Crippen LogP contribution < -0.4 is 5.73 Å². The van der Waals surface area contributed by atoms with Crippen LogP contribution in [0.1, 0.15) is 22.2 Å². The lowest BCUT2D eigenvalue weighted by molar-refractivity contribution is 0.0754. The van der Waals surface area contributed by atoms with Crippen LogP contribution in [0.25, 0.3) is 0 Å². The number of hydrogen-bond donors (Lipinski definition) is 1. The van der Waals surface area contributed by atoms with Gasteiger partial charge in [0.25, 0.3) is 5.91 Å². The molecule has 0 fully saturated rings. The minimum absolute atomic E-state index is 0.0343. The fourth-order valence-electron chi connectivity index (χ4n) is 1.76. The molecule has 3 nitrogen and oxygen atoms in total. The van der Waals surface area contributed by atoms with E-state index in [4.69, 9.17) is 5.73 Å². The molecule has 0 aliphatic heterocycles. The third-order valence-electron chi connectivity index (χ3n) is 2.80. The van der Waals surface area contributed by atoms with Crippen LogP contribution in [0.15, 0.2) is 40.2 Å². The first-order valence-corrected chi connectivity index (χ1v) is 7.60. The Balaban J connectivity index is 2.12. The largest absolute Gasteiger partial charge is 0.399 e. The maximum Gasteiger partial charge on any atom is 0.254 e. The summed E-state index contributed by atoms with van der Waals surface area (Å²) in [5.74, 6) is 0.0343. The Morgan fingerprint density at radius 3 is 2.47 bits per heavy atom.